The molecule has 3 nitrogen and oxygen atoms in total. The third-order valence-corrected chi connectivity index (χ3v) is 4.46. The summed E-state index contributed by atoms with van der Waals surface area (Å²) in [6.45, 7) is 3.66. The Morgan fingerprint density at radius 2 is 2.11 bits per heavy atom. The lowest BCUT2D eigenvalue weighted by Gasteiger charge is -2.16. The molecule has 3 rings (SSSR count). The second kappa shape index (κ2) is 4.14. The van der Waals surface area contributed by atoms with Crippen LogP contribution < -0.4 is 0 Å². The highest BCUT2D eigenvalue weighted by Crippen LogP contribution is 2.46. The standard InChI is InChI=1S/C14H16N2OS/c1-14(2,17)12-11(9-6-7-9)16-13(18-12)10-5-3-4-8-15-10/h3-5,8-9,17H,6-7H2,1-2H3. The molecule has 4 heteroatoms. The predicted molar refractivity (Wildman–Crippen MR) is 72.6 cm³/mol. The van der Waals surface area contributed by atoms with E-state index in [2.05, 4.69) is 4.98 Å². The van der Waals surface area contributed by atoms with E-state index >= 15 is 0 Å². The zero-order valence-corrected chi connectivity index (χ0v) is 11.4. The van der Waals surface area contributed by atoms with E-state index in [1.807, 2.05) is 32.0 Å². The average Bonchev–Trinajstić information content (AvgIpc) is 3.07. The molecule has 0 aromatic carbocycles. The van der Waals surface area contributed by atoms with Gasteiger partial charge in [-0.15, -0.1) is 11.3 Å². The number of thiazole rings is 1. The number of nitrogens with zero attached hydrogens (tertiary/aromatic N) is 2. The van der Waals surface area contributed by atoms with Gasteiger partial charge in [0.1, 0.15) is 5.01 Å². The maximum absolute atomic E-state index is 10.3. The van der Waals surface area contributed by atoms with Crippen LogP contribution in [0.15, 0.2) is 24.4 Å². The lowest BCUT2D eigenvalue weighted by atomic mass is 10.0. The topological polar surface area (TPSA) is 46.0 Å². The summed E-state index contributed by atoms with van der Waals surface area (Å²) in [4.78, 5) is 10.0. The van der Waals surface area contributed by atoms with E-state index in [0.29, 0.717) is 5.92 Å². The van der Waals surface area contributed by atoms with Crippen molar-refractivity contribution in [1.82, 2.24) is 9.97 Å². The molecule has 0 radical (unpaired) electrons. The molecule has 1 aliphatic rings. The molecule has 1 aliphatic carbocycles. The predicted octanol–water partition coefficient (Wildman–Crippen LogP) is 3.31. The first-order chi connectivity index (χ1) is 8.55. The zero-order chi connectivity index (χ0) is 12.8. The van der Waals surface area contributed by atoms with Crippen LogP contribution in [0, 0.1) is 0 Å². The molecule has 0 spiro atoms. The molecule has 1 saturated carbocycles. The van der Waals surface area contributed by atoms with E-state index in [1.54, 1.807) is 17.5 Å². The van der Waals surface area contributed by atoms with Gasteiger partial charge in [-0.1, -0.05) is 6.07 Å². The molecule has 0 amide bonds. The molecule has 0 bridgehead atoms. The van der Waals surface area contributed by atoms with E-state index in [9.17, 15) is 5.11 Å². The second-order valence-corrected chi connectivity index (χ2v) is 6.28. The SMILES string of the molecule is CC(C)(O)c1sc(-c2ccccn2)nc1C1CC1. The largest absolute Gasteiger partial charge is 0.385 e. The van der Waals surface area contributed by atoms with Crippen LogP contribution in [-0.4, -0.2) is 15.1 Å². The first-order valence-electron chi connectivity index (χ1n) is 6.20. The van der Waals surface area contributed by atoms with Gasteiger partial charge in [0.05, 0.1) is 21.9 Å². The Labute approximate surface area is 111 Å². The molecule has 18 heavy (non-hydrogen) atoms. The summed E-state index contributed by atoms with van der Waals surface area (Å²) in [7, 11) is 0. The third-order valence-electron chi connectivity index (χ3n) is 3.06. The summed E-state index contributed by atoms with van der Waals surface area (Å²) in [5.41, 5.74) is 1.15. The Hall–Kier alpha value is -1.26. The summed E-state index contributed by atoms with van der Waals surface area (Å²) in [5, 5.41) is 11.2. The molecule has 0 atom stereocenters. The summed E-state index contributed by atoms with van der Waals surface area (Å²) in [5.74, 6) is 0.542. The van der Waals surface area contributed by atoms with Crippen LogP contribution in [0.5, 0.6) is 0 Å². The van der Waals surface area contributed by atoms with Crippen molar-refractivity contribution < 1.29 is 5.11 Å². The van der Waals surface area contributed by atoms with Crippen molar-refractivity contribution in [2.75, 3.05) is 0 Å². The van der Waals surface area contributed by atoms with E-state index in [0.717, 1.165) is 21.3 Å². The van der Waals surface area contributed by atoms with Crippen molar-refractivity contribution in [3.63, 3.8) is 0 Å². The first-order valence-corrected chi connectivity index (χ1v) is 7.02. The van der Waals surface area contributed by atoms with Crippen LogP contribution in [-0.2, 0) is 5.60 Å². The van der Waals surface area contributed by atoms with Crippen LogP contribution in [0.4, 0.5) is 0 Å². The van der Waals surface area contributed by atoms with E-state index in [4.69, 9.17) is 4.98 Å². The molecule has 0 unspecified atom stereocenters. The minimum absolute atomic E-state index is 0.542. The van der Waals surface area contributed by atoms with Crippen molar-refractivity contribution >= 4 is 11.3 Å². The fourth-order valence-electron chi connectivity index (χ4n) is 2.00. The minimum Gasteiger partial charge on any atom is -0.385 e. The van der Waals surface area contributed by atoms with Crippen LogP contribution >= 0.6 is 11.3 Å². The molecule has 1 N–H and O–H groups in total. The maximum atomic E-state index is 10.3. The quantitative estimate of drug-likeness (QED) is 0.921. The van der Waals surface area contributed by atoms with Crippen LogP contribution in [0.3, 0.4) is 0 Å². The summed E-state index contributed by atoms with van der Waals surface area (Å²) in [6.07, 6.45) is 4.15. The Balaban J connectivity index is 2.08. The third kappa shape index (κ3) is 2.18. The molecule has 0 saturated heterocycles. The Morgan fingerprint density at radius 1 is 1.33 bits per heavy atom. The highest BCUT2D eigenvalue weighted by Gasteiger charge is 2.34. The van der Waals surface area contributed by atoms with E-state index in [-0.39, 0.29) is 0 Å². The van der Waals surface area contributed by atoms with E-state index in [1.165, 1.54) is 12.8 Å². The monoisotopic (exact) mass is 260 g/mol. The fraction of sp³-hybridized carbons (Fsp3) is 0.429. The average molecular weight is 260 g/mol. The maximum Gasteiger partial charge on any atom is 0.142 e. The van der Waals surface area contributed by atoms with Gasteiger partial charge in [0.25, 0.3) is 0 Å². The second-order valence-electron chi connectivity index (χ2n) is 5.28. The van der Waals surface area contributed by atoms with Gasteiger partial charge < -0.3 is 5.11 Å². The number of rotatable bonds is 3. The smallest absolute Gasteiger partial charge is 0.142 e. The van der Waals surface area contributed by atoms with Gasteiger partial charge in [0.2, 0.25) is 0 Å². The lowest BCUT2D eigenvalue weighted by molar-refractivity contribution is 0.0813. The highest BCUT2D eigenvalue weighted by atomic mass is 32.1. The van der Waals surface area contributed by atoms with Gasteiger partial charge in [-0.3, -0.25) is 4.98 Å². The number of hydrogen-bond donors (Lipinski definition) is 1. The van der Waals surface area contributed by atoms with E-state index < -0.39 is 5.60 Å². The summed E-state index contributed by atoms with van der Waals surface area (Å²) in [6, 6.07) is 5.82. The molecule has 2 heterocycles. The first kappa shape index (κ1) is 11.8. The van der Waals surface area contributed by atoms with Crippen LogP contribution in [0.1, 0.15) is 43.2 Å². The molecule has 0 aliphatic heterocycles. The van der Waals surface area contributed by atoms with Crippen molar-refractivity contribution in [3.8, 4) is 10.7 Å². The van der Waals surface area contributed by atoms with Gasteiger partial charge in [-0.2, -0.15) is 0 Å². The van der Waals surface area contributed by atoms with Crippen LogP contribution in [0.2, 0.25) is 0 Å². The molecule has 2 aromatic heterocycles. The summed E-state index contributed by atoms with van der Waals surface area (Å²) >= 11 is 1.56. The van der Waals surface area contributed by atoms with Crippen molar-refractivity contribution in [3.05, 3.63) is 35.0 Å². The lowest BCUT2D eigenvalue weighted by Crippen LogP contribution is -2.15. The highest BCUT2D eigenvalue weighted by molar-refractivity contribution is 7.15. The van der Waals surface area contributed by atoms with Crippen molar-refractivity contribution in [1.29, 1.82) is 0 Å². The normalized spacial score (nSPS) is 15.9. The number of aromatic nitrogens is 2. The number of hydrogen-bond acceptors (Lipinski definition) is 4. The van der Waals surface area contributed by atoms with Gasteiger partial charge >= 0.3 is 0 Å². The number of pyridine rings is 1. The van der Waals surface area contributed by atoms with Gasteiger partial charge in [-0.05, 0) is 38.8 Å². The Morgan fingerprint density at radius 3 is 2.67 bits per heavy atom. The molecule has 2 aromatic rings. The molecule has 94 valence electrons. The Kier molecular flexibility index (Phi) is 2.72. The fourth-order valence-corrected chi connectivity index (χ4v) is 3.13. The van der Waals surface area contributed by atoms with Gasteiger partial charge in [0, 0.05) is 12.1 Å². The van der Waals surface area contributed by atoms with Crippen LogP contribution in [0.25, 0.3) is 10.7 Å². The molecular weight excluding hydrogens is 244 g/mol. The van der Waals surface area contributed by atoms with Crippen molar-refractivity contribution in [2.24, 2.45) is 0 Å². The zero-order valence-electron chi connectivity index (χ0n) is 10.6. The summed E-state index contributed by atoms with van der Waals surface area (Å²) < 4.78 is 0. The number of aliphatic hydroxyl groups is 1. The molecular formula is C14H16N2OS. The van der Waals surface area contributed by atoms with Crippen molar-refractivity contribution in [2.45, 2.75) is 38.2 Å². The molecule has 1 fully saturated rings. The minimum atomic E-state index is -0.817. The van der Waals surface area contributed by atoms with Gasteiger partial charge in [-0.25, -0.2) is 4.98 Å². The van der Waals surface area contributed by atoms with Gasteiger partial charge in [0.15, 0.2) is 0 Å². The Bertz CT molecular complexity index is 553.